The number of carbonyl (C=O) groups excluding carboxylic acids is 1. The minimum absolute atomic E-state index is 0.0544. The molecule has 0 spiro atoms. The van der Waals surface area contributed by atoms with Gasteiger partial charge in [-0.25, -0.2) is 0 Å². The number of nitrogens with zero attached hydrogens (tertiary/aromatic N) is 2. The molecule has 1 heterocycles. The molecule has 0 aliphatic carbocycles. The molecule has 2 aromatic rings. The van der Waals surface area contributed by atoms with Gasteiger partial charge in [-0.15, -0.1) is 0 Å². The largest absolute Gasteiger partial charge is 0.494 e. The van der Waals surface area contributed by atoms with Gasteiger partial charge in [-0.3, -0.25) is 14.2 Å². The molecule has 0 radical (unpaired) electrons. The first-order valence-electron chi connectivity index (χ1n) is 9.09. The van der Waals surface area contributed by atoms with Crippen molar-refractivity contribution in [3.8, 4) is 17.7 Å². The van der Waals surface area contributed by atoms with Crippen LogP contribution < -0.4 is 10.3 Å². The summed E-state index contributed by atoms with van der Waals surface area (Å²) in [7, 11) is 1.53. The van der Waals surface area contributed by atoms with Crippen molar-refractivity contribution in [3.05, 3.63) is 56.9 Å². The van der Waals surface area contributed by atoms with Gasteiger partial charge in [0.15, 0.2) is 5.78 Å². The lowest BCUT2D eigenvalue weighted by atomic mass is 9.97. The topological polar surface area (TPSA) is 102 Å². The van der Waals surface area contributed by atoms with E-state index in [1.165, 1.54) is 14.0 Å². The highest BCUT2D eigenvalue weighted by molar-refractivity contribution is 6.11. The Morgan fingerprint density at radius 3 is 2.71 bits per heavy atom. The number of rotatable bonds is 9. The van der Waals surface area contributed by atoms with Gasteiger partial charge in [-0.2, -0.15) is 5.26 Å². The Labute approximate surface area is 163 Å². The zero-order chi connectivity index (χ0) is 20.7. The van der Waals surface area contributed by atoms with Crippen molar-refractivity contribution in [2.24, 2.45) is 0 Å². The molecule has 148 valence electrons. The van der Waals surface area contributed by atoms with Gasteiger partial charge >= 0.3 is 0 Å². The molecule has 0 amide bonds. The molecular weight excluding hydrogens is 360 g/mol. The number of ether oxygens (including phenoxy) is 2. The van der Waals surface area contributed by atoms with Crippen LogP contribution in [-0.4, -0.2) is 35.8 Å². The van der Waals surface area contributed by atoms with E-state index in [4.69, 9.17) is 9.47 Å². The molecule has 0 unspecified atom stereocenters. The van der Waals surface area contributed by atoms with E-state index in [0.717, 1.165) is 11.0 Å². The highest BCUT2D eigenvalue weighted by Crippen LogP contribution is 2.26. The van der Waals surface area contributed by atoms with Crippen molar-refractivity contribution in [2.45, 2.75) is 33.2 Å². The second-order valence-corrected chi connectivity index (χ2v) is 6.32. The molecule has 0 fully saturated rings. The lowest BCUT2D eigenvalue weighted by Crippen LogP contribution is -2.27. The molecule has 1 aromatic carbocycles. The number of benzene rings is 1. The first kappa shape index (κ1) is 21.2. The van der Waals surface area contributed by atoms with Crippen molar-refractivity contribution in [1.82, 2.24) is 4.57 Å². The average Bonchev–Trinajstić information content (AvgIpc) is 2.69. The fraction of sp³-hybridized carbons (Fsp3) is 0.381. The van der Waals surface area contributed by atoms with Crippen LogP contribution in [0.5, 0.6) is 11.6 Å². The quantitative estimate of drug-likeness (QED) is 0.527. The molecule has 0 bridgehead atoms. The van der Waals surface area contributed by atoms with E-state index in [-0.39, 0.29) is 23.2 Å². The second kappa shape index (κ2) is 9.72. The van der Waals surface area contributed by atoms with Crippen LogP contribution in [0.2, 0.25) is 0 Å². The van der Waals surface area contributed by atoms with Crippen molar-refractivity contribution >= 4 is 5.78 Å². The molecular formula is C21H24N2O5. The third kappa shape index (κ3) is 4.41. The monoisotopic (exact) mass is 384 g/mol. The Kier molecular flexibility index (Phi) is 7.36. The van der Waals surface area contributed by atoms with Crippen molar-refractivity contribution in [3.63, 3.8) is 0 Å². The summed E-state index contributed by atoms with van der Waals surface area (Å²) in [4.78, 5) is 25.6. The lowest BCUT2D eigenvalue weighted by Gasteiger charge is -2.16. The standard InChI is InChI=1S/C21H24N2O5/c1-4-10-28-16-8-5-7-15(12-16)19(24)18-14(2)17(13-22)20(25)23(21(18)26)9-6-11-27-3/h5,7-8,12,26H,4,6,9-11H2,1-3H3. The van der Waals surface area contributed by atoms with Crippen LogP contribution in [0.15, 0.2) is 29.1 Å². The second-order valence-electron chi connectivity index (χ2n) is 6.32. The Morgan fingerprint density at radius 2 is 2.07 bits per heavy atom. The van der Waals surface area contributed by atoms with Crippen molar-refractivity contribution in [1.29, 1.82) is 5.26 Å². The van der Waals surface area contributed by atoms with Gasteiger partial charge in [0.2, 0.25) is 5.88 Å². The predicted molar refractivity (Wildman–Crippen MR) is 104 cm³/mol. The average molecular weight is 384 g/mol. The Morgan fingerprint density at radius 1 is 1.32 bits per heavy atom. The van der Waals surface area contributed by atoms with Crippen LogP contribution in [0.4, 0.5) is 0 Å². The van der Waals surface area contributed by atoms with Crippen LogP contribution >= 0.6 is 0 Å². The summed E-state index contributed by atoms with van der Waals surface area (Å²) in [5, 5.41) is 20.1. The molecule has 0 aliphatic heterocycles. The summed E-state index contributed by atoms with van der Waals surface area (Å²) in [5.74, 6) is -0.379. The van der Waals surface area contributed by atoms with Crippen molar-refractivity contribution < 1.29 is 19.4 Å². The molecule has 1 aromatic heterocycles. The van der Waals surface area contributed by atoms with Crippen LogP contribution in [0.3, 0.4) is 0 Å². The van der Waals surface area contributed by atoms with Gasteiger partial charge in [0.25, 0.3) is 5.56 Å². The molecule has 2 rings (SSSR count). The van der Waals surface area contributed by atoms with Gasteiger partial charge in [-0.1, -0.05) is 19.1 Å². The molecule has 7 nitrogen and oxygen atoms in total. The zero-order valence-electron chi connectivity index (χ0n) is 16.3. The third-order valence-corrected chi connectivity index (χ3v) is 4.33. The zero-order valence-corrected chi connectivity index (χ0v) is 16.3. The number of hydrogen-bond donors (Lipinski definition) is 1. The van der Waals surface area contributed by atoms with E-state index in [1.54, 1.807) is 24.3 Å². The number of carbonyl (C=O) groups is 1. The first-order valence-corrected chi connectivity index (χ1v) is 9.09. The Balaban J connectivity index is 2.55. The van der Waals surface area contributed by atoms with E-state index in [2.05, 4.69) is 0 Å². The number of aromatic nitrogens is 1. The Bertz CT molecular complexity index is 956. The highest BCUT2D eigenvalue weighted by atomic mass is 16.5. The predicted octanol–water partition coefficient (Wildman–Crippen LogP) is 2.79. The minimum Gasteiger partial charge on any atom is -0.494 e. The minimum atomic E-state index is -0.620. The number of ketones is 1. The van der Waals surface area contributed by atoms with E-state index in [0.29, 0.717) is 30.9 Å². The molecule has 0 saturated heterocycles. The lowest BCUT2D eigenvalue weighted by molar-refractivity contribution is 0.103. The molecule has 7 heteroatoms. The number of methoxy groups -OCH3 is 1. The smallest absolute Gasteiger partial charge is 0.271 e. The van der Waals surface area contributed by atoms with Gasteiger partial charge in [-0.05, 0) is 37.5 Å². The summed E-state index contributed by atoms with van der Waals surface area (Å²) < 4.78 is 11.6. The van der Waals surface area contributed by atoms with E-state index < -0.39 is 17.2 Å². The molecule has 0 saturated carbocycles. The number of pyridine rings is 1. The molecule has 1 N–H and O–H groups in total. The van der Waals surface area contributed by atoms with Crippen LogP contribution in [0.25, 0.3) is 0 Å². The van der Waals surface area contributed by atoms with Crippen LogP contribution in [-0.2, 0) is 11.3 Å². The molecule has 28 heavy (non-hydrogen) atoms. The fourth-order valence-corrected chi connectivity index (χ4v) is 2.89. The Hall–Kier alpha value is -3.11. The summed E-state index contributed by atoms with van der Waals surface area (Å²) in [6, 6.07) is 8.47. The maximum absolute atomic E-state index is 13.1. The van der Waals surface area contributed by atoms with Gasteiger partial charge < -0.3 is 14.6 Å². The van der Waals surface area contributed by atoms with Gasteiger partial charge in [0.1, 0.15) is 17.4 Å². The fourth-order valence-electron chi connectivity index (χ4n) is 2.89. The van der Waals surface area contributed by atoms with Gasteiger partial charge in [0.05, 0.1) is 12.2 Å². The third-order valence-electron chi connectivity index (χ3n) is 4.33. The van der Waals surface area contributed by atoms with Gasteiger partial charge in [0, 0.05) is 25.8 Å². The summed E-state index contributed by atoms with van der Waals surface area (Å²) >= 11 is 0. The van der Waals surface area contributed by atoms with Crippen molar-refractivity contribution in [2.75, 3.05) is 20.3 Å². The summed E-state index contributed by atoms with van der Waals surface area (Å²) in [6.45, 7) is 4.50. The number of hydrogen-bond acceptors (Lipinski definition) is 6. The first-order chi connectivity index (χ1) is 13.5. The number of nitriles is 1. The highest BCUT2D eigenvalue weighted by Gasteiger charge is 2.25. The molecule has 0 atom stereocenters. The number of aromatic hydroxyl groups is 1. The summed E-state index contributed by atoms with van der Waals surface area (Å²) in [5.41, 5.74) is -0.362. The maximum atomic E-state index is 13.1. The van der Waals surface area contributed by atoms with Crippen LogP contribution in [0, 0.1) is 18.3 Å². The van der Waals surface area contributed by atoms with E-state index >= 15 is 0 Å². The normalized spacial score (nSPS) is 10.5. The van der Waals surface area contributed by atoms with Crippen LogP contribution in [0.1, 0.15) is 46.8 Å². The van der Waals surface area contributed by atoms with E-state index in [9.17, 15) is 20.0 Å². The molecule has 0 aliphatic rings. The SMILES string of the molecule is CCCOc1cccc(C(=O)c2c(C)c(C#N)c(=O)n(CCCOC)c2O)c1. The van der Waals surface area contributed by atoms with E-state index in [1.807, 2.05) is 13.0 Å². The maximum Gasteiger partial charge on any atom is 0.271 e. The summed E-state index contributed by atoms with van der Waals surface area (Å²) in [6.07, 6.45) is 1.28.